The van der Waals surface area contributed by atoms with Gasteiger partial charge >= 0.3 is 0 Å². The summed E-state index contributed by atoms with van der Waals surface area (Å²) in [6.45, 7) is 0.0702. The fourth-order valence-electron chi connectivity index (χ4n) is 0.938. The molecule has 14 heavy (non-hydrogen) atoms. The maximum absolute atomic E-state index is 8.54. The molecule has 0 amide bonds. The zero-order chi connectivity index (χ0) is 10.4. The van der Waals surface area contributed by atoms with Crippen molar-refractivity contribution in [3.8, 4) is 17.6 Å². The second kappa shape index (κ2) is 5.54. The Balaban J connectivity index is 2.85. The Kier molecular flexibility index (Phi) is 4.31. The maximum atomic E-state index is 8.54. The second-order valence-corrected chi connectivity index (χ2v) is 3.03. The van der Waals surface area contributed by atoms with Gasteiger partial charge in [-0.2, -0.15) is 0 Å². The number of benzene rings is 1. The van der Waals surface area contributed by atoms with Crippen LogP contribution < -0.4 is 4.74 Å². The summed E-state index contributed by atoms with van der Waals surface area (Å²) >= 11 is 5.94. The number of hydrogen-bond donors (Lipinski definition) is 1. The normalized spacial score (nSPS) is 9.07. The van der Waals surface area contributed by atoms with E-state index in [2.05, 4.69) is 11.8 Å². The van der Waals surface area contributed by atoms with Crippen LogP contribution in [-0.2, 0) is 0 Å². The highest BCUT2D eigenvalue weighted by molar-refractivity contribution is 6.31. The third-order valence-corrected chi connectivity index (χ3v) is 1.95. The van der Waals surface area contributed by atoms with Crippen molar-refractivity contribution in [3.63, 3.8) is 0 Å². The molecule has 1 aromatic carbocycles. The zero-order valence-corrected chi connectivity index (χ0v) is 8.64. The predicted molar refractivity (Wildman–Crippen MR) is 56.6 cm³/mol. The molecule has 1 N–H and O–H groups in total. The van der Waals surface area contributed by atoms with E-state index in [-0.39, 0.29) is 6.61 Å². The lowest BCUT2D eigenvalue weighted by atomic mass is 10.2. The van der Waals surface area contributed by atoms with Crippen LogP contribution in [0.1, 0.15) is 12.0 Å². The van der Waals surface area contributed by atoms with Gasteiger partial charge in [-0.25, -0.2) is 0 Å². The molecule has 0 spiro atoms. The van der Waals surface area contributed by atoms with Gasteiger partial charge < -0.3 is 9.84 Å². The van der Waals surface area contributed by atoms with Crippen molar-refractivity contribution < 1.29 is 9.84 Å². The second-order valence-electron chi connectivity index (χ2n) is 2.62. The SMILES string of the molecule is COc1ccc(C#CCCO)c(Cl)c1. The molecule has 0 aromatic heterocycles. The standard InChI is InChI=1S/C11H11ClO2/c1-14-10-6-5-9(11(12)8-10)4-2-3-7-13/h5-6,8,13H,3,7H2,1H3. The Labute approximate surface area is 88.5 Å². The van der Waals surface area contributed by atoms with Crippen molar-refractivity contribution in [3.05, 3.63) is 28.8 Å². The molecule has 1 rings (SSSR count). The van der Waals surface area contributed by atoms with Crippen LogP contribution in [0.25, 0.3) is 0 Å². The van der Waals surface area contributed by atoms with E-state index < -0.39 is 0 Å². The summed E-state index contributed by atoms with van der Waals surface area (Å²) in [4.78, 5) is 0. The van der Waals surface area contributed by atoms with Crippen LogP contribution >= 0.6 is 11.6 Å². The molecule has 2 nitrogen and oxygen atoms in total. The molecule has 0 aliphatic carbocycles. The summed E-state index contributed by atoms with van der Waals surface area (Å²) in [7, 11) is 1.59. The van der Waals surface area contributed by atoms with Crippen molar-refractivity contribution in [1.29, 1.82) is 0 Å². The highest BCUT2D eigenvalue weighted by Gasteiger charge is 1.98. The topological polar surface area (TPSA) is 29.5 Å². The minimum absolute atomic E-state index is 0.0702. The van der Waals surface area contributed by atoms with Gasteiger partial charge in [-0.05, 0) is 18.2 Å². The lowest BCUT2D eigenvalue weighted by Crippen LogP contribution is -1.84. The van der Waals surface area contributed by atoms with Crippen LogP contribution in [0.2, 0.25) is 5.02 Å². The smallest absolute Gasteiger partial charge is 0.120 e. The maximum Gasteiger partial charge on any atom is 0.120 e. The van der Waals surface area contributed by atoms with Gasteiger partial charge in [-0.3, -0.25) is 0 Å². The molecular formula is C11H11ClO2. The molecule has 0 fully saturated rings. The van der Waals surface area contributed by atoms with Crippen molar-refractivity contribution in [1.82, 2.24) is 0 Å². The minimum atomic E-state index is 0.0702. The van der Waals surface area contributed by atoms with Crippen LogP contribution in [0.15, 0.2) is 18.2 Å². The summed E-state index contributed by atoms with van der Waals surface area (Å²) in [5.41, 5.74) is 0.751. The Morgan fingerprint density at radius 2 is 2.29 bits per heavy atom. The van der Waals surface area contributed by atoms with E-state index in [1.54, 1.807) is 25.3 Å². The first-order valence-electron chi connectivity index (χ1n) is 4.21. The molecule has 0 bridgehead atoms. The van der Waals surface area contributed by atoms with E-state index in [1.807, 2.05) is 0 Å². The fourth-order valence-corrected chi connectivity index (χ4v) is 1.16. The third-order valence-electron chi connectivity index (χ3n) is 1.64. The van der Waals surface area contributed by atoms with Gasteiger partial charge in [0.15, 0.2) is 0 Å². The van der Waals surface area contributed by atoms with Crippen molar-refractivity contribution in [2.24, 2.45) is 0 Å². The molecule has 0 saturated heterocycles. The first-order chi connectivity index (χ1) is 6.77. The highest BCUT2D eigenvalue weighted by atomic mass is 35.5. The number of rotatable bonds is 2. The fraction of sp³-hybridized carbons (Fsp3) is 0.273. The molecule has 3 heteroatoms. The van der Waals surface area contributed by atoms with Crippen molar-refractivity contribution in [2.45, 2.75) is 6.42 Å². The van der Waals surface area contributed by atoms with Crippen molar-refractivity contribution in [2.75, 3.05) is 13.7 Å². The Hall–Kier alpha value is -1.17. The summed E-state index contributed by atoms with van der Waals surface area (Å²) in [5.74, 6) is 6.38. The molecule has 0 aliphatic heterocycles. The third kappa shape index (κ3) is 2.95. The van der Waals surface area contributed by atoms with Crippen LogP contribution in [-0.4, -0.2) is 18.8 Å². The van der Waals surface area contributed by atoms with Gasteiger partial charge in [0.25, 0.3) is 0 Å². The van der Waals surface area contributed by atoms with Crippen LogP contribution in [0.5, 0.6) is 5.75 Å². The lowest BCUT2D eigenvalue weighted by Gasteiger charge is -2.00. The number of aliphatic hydroxyl groups excluding tert-OH is 1. The van der Waals surface area contributed by atoms with E-state index in [4.69, 9.17) is 21.4 Å². The lowest BCUT2D eigenvalue weighted by molar-refractivity contribution is 0.305. The molecule has 0 radical (unpaired) electrons. The quantitative estimate of drug-likeness (QED) is 0.758. The molecule has 74 valence electrons. The van der Waals surface area contributed by atoms with Crippen LogP contribution in [0.4, 0.5) is 0 Å². The van der Waals surface area contributed by atoms with E-state index in [9.17, 15) is 0 Å². The number of aliphatic hydroxyl groups is 1. The summed E-state index contributed by atoms with van der Waals surface area (Å²) in [6.07, 6.45) is 0.461. The number of halogens is 1. The predicted octanol–water partition coefficient (Wildman–Crippen LogP) is 2.08. The number of hydrogen-bond acceptors (Lipinski definition) is 2. The highest BCUT2D eigenvalue weighted by Crippen LogP contribution is 2.21. The molecule has 0 unspecified atom stereocenters. The monoisotopic (exact) mass is 210 g/mol. The van der Waals surface area contributed by atoms with Crippen LogP contribution in [0.3, 0.4) is 0 Å². The van der Waals surface area contributed by atoms with E-state index in [1.165, 1.54) is 0 Å². The van der Waals surface area contributed by atoms with Crippen molar-refractivity contribution >= 4 is 11.6 Å². The van der Waals surface area contributed by atoms with Crippen LogP contribution in [0, 0.1) is 11.8 Å². The van der Waals surface area contributed by atoms with Gasteiger partial charge in [0, 0.05) is 12.0 Å². The Morgan fingerprint density at radius 3 is 2.86 bits per heavy atom. The van der Waals surface area contributed by atoms with Gasteiger partial charge in [0.2, 0.25) is 0 Å². The van der Waals surface area contributed by atoms with Gasteiger partial charge in [0.1, 0.15) is 5.75 Å². The van der Waals surface area contributed by atoms with Gasteiger partial charge in [-0.15, -0.1) is 0 Å². The molecule has 0 aliphatic rings. The Bertz CT molecular complexity index is 363. The Morgan fingerprint density at radius 1 is 1.50 bits per heavy atom. The van der Waals surface area contributed by atoms with E-state index in [0.717, 1.165) is 5.56 Å². The minimum Gasteiger partial charge on any atom is -0.497 e. The molecule has 0 atom stereocenters. The molecule has 0 saturated carbocycles. The summed E-state index contributed by atoms with van der Waals surface area (Å²) in [5, 5.41) is 9.10. The largest absolute Gasteiger partial charge is 0.497 e. The first-order valence-corrected chi connectivity index (χ1v) is 4.59. The van der Waals surface area contributed by atoms with E-state index >= 15 is 0 Å². The summed E-state index contributed by atoms with van der Waals surface area (Å²) < 4.78 is 5.00. The number of methoxy groups -OCH3 is 1. The first kappa shape index (κ1) is 10.9. The average molecular weight is 211 g/mol. The van der Waals surface area contributed by atoms with E-state index in [0.29, 0.717) is 17.2 Å². The van der Waals surface area contributed by atoms with Gasteiger partial charge in [0.05, 0.1) is 18.7 Å². The molecule has 1 aromatic rings. The molecular weight excluding hydrogens is 200 g/mol. The summed E-state index contributed by atoms with van der Waals surface area (Å²) in [6, 6.07) is 5.31. The van der Waals surface area contributed by atoms with Gasteiger partial charge in [-0.1, -0.05) is 23.4 Å². The number of ether oxygens (including phenoxy) is 1. The zero-order valence-electron chi connectivity index (χ0n) is 7.88. The molecule has 0 heterocycles. The average Bonchev–Trinajstić information content (AvgIpc) is 2.20.